The lowest BCUT2D eigenvalue weighted by molar-refractivity contribution is -0.137. The van der Waals surface area contributed by atoms with Crippen molar-refractivity contribution in [1.82, 2.24) is 9.97 Å². The number of imidazole rings is 1. The summed E-state index contributed by atoms with van der Waals surface area (Å²) in [7, 11) is 0. The van der Waals surface area contributed by atoms with Gasteiger partial charge in [-0.1, -0.05) is 24.3 Å². The Morgan fingerprint density at radius 1 is 1.04 bits per heavy atom. The molecule has 0 saturated heterocycles. The monoisotopic (exact) mass is 363 g/mol. The van der Waals surface area contributed by atoms with Crippen LogP contribution in [-0.4, -0.2) is 9.97 Å². The molecule has 0 aliphatic heterocycles. The van der Waals surface area contributed by atoms with Crippen molar-refractivity contribution in [1.29, 1.82) is 0 Å². The number of para-hydroxylation sites is 1. The van der Waals surface area contributed by atoms with E-state index in [9.17, 15) is 13.2 Å². The van der Waals surface area contributed by atoms with Crippen molar-refractivity contribution in [2.75, 3.05) is 0 Å². The first kappa shape index (κ1) is 19.3. The average Bonchev–Trinajstić information content (AvgIpc) is 2.89. The van der Waals surface area contributed by atoms with Crippen molar-refractivity contribution < 1.29 is 13.2 Å². The number of hydrogen-bond donors (Lipinski definition) is 2. The summed E-state index contributed by atoms with van der Waals surface area (Å²) in [6.07, 6.45) is -4.36. The van der Waals surface area contributed by atoms with Crippen molar-refractivity contribution in [3.63, 3.8) is 0 Å². The summed E-state index contributed by atoms with van der Waals surface area (Å²) in [5, 5.41) is 0. The Balaban J connectivity index is 0.00000132. The van der Waals surface area contributed by atoms with Crippen molar-refractivity contribution in [2.24, 2.45) is 5.73 Å². The van der Waals surface area contributed by atoms with Gasteiger partial charge < -0.3 is 10.7 Å². The van der Waals surface area contributed by atoms with Crippen molar-refractivity contribution in [3.8, 4) is 11.1 Å². The maximum atomic E-state index is 12.8. The Bertz CT molecular complexity index is 800. The molecular formula is C15H14Cl2F3N3. The summed E-state index contributed by atoms with van der Waals surface area (Å²) in [4.78, 5) is 7.38. The van der Waals surface area contributed by atoms with Crippen LogP contribution in [0.25, 0.3) is 22.2 Å². The van der Waals surface area contributed by atoms with Crippen LogP contribution < -0.4 is 5.73 Å². The maximum absolute atomic E-state index is 12.8. The van der Waals surface area contributed by atoms with E-state index in [4.69, 9.17) is 5.73 Å². The van der Waals surface area contributed by atoms with Crippen LogP contribution >= 0.6 is 24.8 Å². The lowest BCUT2D eigenvalue weighted by Crippen LogP contribution is -2.04. The van der Waals surface area contributed by atoms with Crippen LogP contribution in [0.3, 0.4) is 0 Å². The number of nitrogens with two attached hydrogens (primary N) is 1. The van der Waals surface area contributed by atoms with E-state index in [2.05, 4.69) is 9.97 Å². The number of aromatic nitrogens is 2. The number of nitrogens with zero attached hydrogens (tertiary/aromatic N) is 1. The van der Waals surface area contributed by atoms with Gasteiger partial charge in [0, 0.05) is 5.56 Å². The number of hydrogen-bond acceptors (Lipinski definition) is 2. The zero-order valence-electron chi connectivity index (χ0n) is 11.7. The number of fused-ring (bicyclic) bond motifs is 1. The van der Waals surface area contributed by atoms with E-state index >= 15 is 0 Å². The predicted octanol–water partition coefficient (Wildman–Crippen LogP) is 4.55. The molecule has 0 bridgehead atoms. The van der Waals surface area contributed by atoms with Gasteiger partial charge in [-0.15, -0.1) is 24.8 Å². The van der Waals surface area contributed by atoms with E-state index in [1.54, 1.807) is 18.2 Å². The minimum atomic E-state index is -4.36. The third-order valence-corrected chi connectivity index (χ3v) is 3.26. The van der Waals surface area contributed by atoms with Crippen LogP contribution in [-0.2, 0) is 12.7 Å². The number of halogens is 5. The SMILES string of the molecule is Cl.Cl.NCc1nc2c(-c3cccc(C(F)(F)F)c3)cccc2[nH]1. The van der Waals surface area contributed by atoms with E-state index < -0.39 is 11.7 Å². The minimum absolute atomic E-state index is 0. The van der Waals surface area contributed by atoms with Crippen LogP contribution in [0, 0.1) is 0 Å². The Hall–Kier alpha value is -1.76. The third-order valence-electron chi connectivity index (χ3n) is 3.26. The normalized spacial score (nSPS) is 11.0. The molecule has 0 saturated carbocycles. The van der Waals surface area contributed by atoms with Gasteiger partial charge in [-0.2, -0.15) is 13.2 Å². The first-order valence-electron chi connectivity index (χ1n) is 6.34. The zero-order valence-corrected chi connectivity index (χ0v) is 13.4. The second kappa shape index (κ2) is 7.21. The highest BCUT2D eigenvalue weighted by Gasteiger charge is 2.30. The van der Waals surface area contributed by atoms with Gasteiger partial charge in [0.2, 0.25) is 0 Å². The van der Waals surface area contributed by atoms with Gasteiger partial charge in [-0.05, 0) is 23.8 Å². The average molecular weight is 364 g/mol. The van der Waals surface area contributed by atoms with Crippen LogP contribution in [0.2, 0.25) is 0 Å². The van der Waals surface area contributed by atoms with Gasteiger partial charge in [-0.25, -0.2) is 4.98 Å². The molecule has 3 aromatic rings. The zero-order chi connectivity index (χ0) is 15.0. The second-order valence-electron chi connectivity index (χ2n) is 4.67. The summed E-state index contributed by atoms with van der Waals surface area (Å²) in [5.41, 5.74) is 7.37. The predicted molar refractivity (Wildman–Crippen MR) is 88.9 cm³/mol. The molecular weight excluding hydrogens is 350 g/mol. The minimum Gasteiger partial charge on any atom is -0.341 e. The van der Waals surface area contributed by atoms with Gasteiger partial charge in [0.05, 0.1) is 23.1 Å². The van der Waals surface area contributed by atoms with Crippen LogP contribution in [0.4, 0.5) is 13.2 Å². The molecule has 3 nitrogen and oxygen atoms in total. The molecule has 0 spiro atoms. The molecule has 1 heterocycles. The maximum Gasteiger partial charge on any atom is 0.416 e. The smallest absolute Gasteiger partial charge is 0.341 e. The van der Waals surface area contributed by atoms with Crippen molar-refractivity contribution in [3.05, 3.63) is 53.9 Å². The molecule has 0 atom stereocenters. The first-order valence-corrected chi connectivity index (χ1v) is 6.34. The topological polar surface area (TPSA) is 54.7 Å². The standard InChI is InChI=1S/C15H12F3N3.2ClH/c16-15(17,18)10-4-1-3-9(7-10)11-5-2-6-12-14(11)21-13(8-19)20-12;;/h1-7H,8,19H2,(H,20,21);2*1H. The van der Waals surface area contributed by atoms with Gasteiger partial charge >= 0.3 is 6.18 Å². The van der Waals surface area contributed by atoms with Crippen LogP contribution in [0.5, 0.6) is 0 Å². The number of H-pyrrole nitrogens is 1. The number of benzene rings is 2. The largest absolute Gasteiger partial charge is 0.416 e. The van der Waals surface area contributed by atoms with Crippen LogP contribution in [0.1, 0.15) is 11.4 Å². The Morgan fingerprint density at radius 2 is 1.74 bits per heavy atom. The fourth-order valence-corrected chi connectivity index (χ4v) is 2.28. The summed E-state index contributed by atoms with van der Waals surface area (Å²) in [6.45, 7) is 0.247. The molecule has 3 N–H and O–H groups in total. The summed E-state index contributed by atoms with van der Waals surface area (Å²) in [5.74, 6) is 0.601. The van der Waals surface area contributed by atoms with Gasteiger partial charge in [-0.3, -0.25) is 0 Å². The number of rotatable bonds is 2. The molecule has 1 aromatic heterocycles. The summed E-state index contributed by atoms with van der Waals surface area (Å²) < 4.78 is 38.5. The molecule has 0 radical (unpaired) electrons. The highest BCUT2D eigenvalue weighted by atomic mass is 35.5. The molecule has 2 aromatic carbocycles. The van der Waals surface area contributed by atoms with E-state index in [1.165, 1.54) is 6.07 Å². The highest BCUT2D eigenvalue weighted by Crippen LogP contribution is 2.34. The summed E-state index contributed by atoms with van der Waals surface area (Å²) >= 11 is 0. The molecule has 124 valence electrons. The number of nitrogens with one attached hydrogen (secondary N) is 1. The van der Waals surface area contributed by atoms with Crippen LogP contribution in [0.15, 0.2) is 42.5 Å². The molecule has 8 heteroatoms. The van der Waals surface area contributed by atoms with Gasteiger partial charge in [0.25, 0.3) is 0 Å². The molecule has 3 rings (SSSR count). The molecule has 0 fully saturated rings. The molecule has 0 aliphatic rings. The molecule has 0 amide bonds. The second-order valence-corrected chi connectivity index (χ2v) is 4.67. The lowest BCUT2D eigenvalue weighted by Gasteiger charge is -2.09. The van der Waals surface area contributed by atoms with Gasteiger partial charge in [0.1, 0.15) is 5.82 Å². The quantitative estimate of drug-likeness (QED) is 0.701. The molecule has 23 heavy (non-hydrogen) atoms. The Kier molecular flexibility index (Phi) is 6.04. The van der Waals surface area contributed by atoms with E-state index in [-0.39, 0.29) is 31.4 Å². The summed E-state index contributed by atoms with van der Waals surface area (Å²) in [6, 6.07) is 10.6. The highest BCUT2D eigenvalue weighted by molar-refractivity contribution is 5.92. The Morgan fingerprint density at radius 3 is 2.39 bits per heavy atom. The van der Waals surface area contributed by atoms with E-state index in [0.717, 1.165) is 17.6 Å². The van der Waals surface area contributed by atoms with Gasteiger partial charge in [0.15, 0.2) is 0 Å². The van der Waals surface area contributed by atoms with E-state index in [0.29, 0.717) is 22.5 Å². The molecule has 0 unspecified atom stereocenters. The fraction of sp³-hybridized carbons (Fsp3) is 0.133. The first-order chi connectivity index (χ1) is 9.99. The van der Waals surface area contributed by atoms with Crippen molar-refractivity contribution in [2.45, 2.75) is 12.7 Å². The third kappa shape index (κ3) is 3.77. The Labute approximate surface area is 142 Å². The number of aromatic amines is 1. The lowest BCUT2D eigenvalue weighted by atomic mass is 10.0. The van der Waals surface area contributed by atoms with E-state index in [1.807, 2.05) is 6.07 Å². The number of alkyl halides is 3. The van der Waals surface area contributed by atoms with Crippen molar-refractivity contribution >= 4 is 35.8 Å². The fourth-order valence-electron chi connectivity index (χ4n) is 2.28. The molecule has 0 aliphatic carbocycles.